The third-order valence-corrected chi connectivity index (χ3v) is 6.64. The van der Waals surface area contributed by atoms with Crippen molar-refractivity contribution >= 4 is 29.0 Å². The maximum atomic E-state index is 13.1. The molecule has 0 saturated heterocycles. The summed E-state index contributed by atoms with van der Waals surface area (Å²) in [5, 5.41) is 9.64. The smallest absolute Gasteiger partial charge is 0.300 e. The Labute approximate surface area is 199 Å². The Bertz CT molecular complexity index is 1500. The Balaban J connectivity index is 1.42. The number of rotatable bonds is 6. The van der Waals surface area contributed by atoms with Gasteiger partial charge in [0.15, 0.2) is 5.16 Å². The van der Waals surface area contributed by atoms with E-state index < -0.39 is 0 Å². The second-order valence-corrected chi connectivity index (χ2v) is 8.69. The molecule has 33 heavy (non-hydrogen) atoms. The van der Waals surface area contributed by atoms with Crippen LogP contribution < -0.4 is 10.3 Å². The van der Waals surface area contributed by atoms with E-state index in [1.165, 1.54) is 11.8 Å². The highest BCUT2D eigenvalue weighted by atomic mass is 35.5. The van der Waals surface area contributed by atoms with Gasteiger partial charge in [0.1, 0.15) is 11.5 Å². The largest absolute Gasteiger partial charge is 0.457 e. The molecule has 0 N–H and O–H groups in total. The number of ether oxygens (including phenoxy) is 1. The molecule has 0 aliphatic carbocycles. The molecule has 0 unspecified atom stereocenters. The third kappa shape index (κ3) is 4.25. The molecule has 0 aliphatic heterocycles. The molecule has 0 bridgehead atoms. The minimum Gasteiger partial charge on any atom is -0.457 e. The molecule has 6 nitrogen and oxygen atoms in total. The van der Waals surface area contributed by atoms with Crippen LogP contribution in [0, 0.1) is 6.92 Å². The second-order valence-electron chi connectivity index (χ2n) is 7.34. The van der Waals surface area contributed by atoms with Gasteiger partial charge in [-0.1, -0.05) is 65.8 Å². The summed E-state index contributed by atoms with van der Waals surface area (Å²) in [7, 11) is 0. The van der Waals surface area contributed by atoms with Gasteiger partial charge in [-0.2, -0.15) is 0 Å². The molecule has 2 heterocycles. The van der Waals surface area contributed by atoms with Gasteiger partial charge >= 0.3 is 5.56 Å². The maximum absolute atomic E-state index is 13.1. The van der Waals surface area contributed by atoms with E-state index in [0.29, 0.717) is 15.9 Å². The number of benzene rings is 3. The van der Waals surface area contributed by atoms with Crippen molar-refractivity contribution in [1.82, 2.24) is 19.2 Å². The van der Waals surface area contributed by atoms with Gasteiger partial charge in [0, 0.05) is 28.7 Å². The molecule has 2 aromatic heterocycles. The summed E-state index contributed by atoms with van der Waals surface area (Å²) in [6.07, 6.45) is 3.51. The first-order valence-electron chi connectivity index (χ1n) is 10.3. The Morgan fingerprint density at radius 1 is 0.939 bits per heavy atom. The van der Waals surface area contributed by atoms with E-state index in [2.05, 4.69) is 10.2 Å². The van der Waals surface area contributed by atoms with Crippen LogP contribution in [0.2, 0.25) is 5.02 Å². The van der Waals surface area contributed by atoms with Crippen LogP contribution in [0.15, 0.2) is 95.1 Å². The Hall–Kier alpha value is -3.55. The number of hydrogen-bond donors (Lipinski definition) is 0. The number of nitrogens with zero attached hydrogens (tertiary/aromatic N) is 4. The van der Waals surface area contributed by atoms with Crippen LogP contribution in [0.3, 0.4) is 0 Å². The fraction of sp³-hybridized carbons (Fsp3) is 0.0800. The predicted octanol–water partition coefficient (Wildman–Crippen LogP) is 5.93. The van der Waals surface area contributed by atoms with Gasteiger partial charge in [-0.3, -0.25) is 13.8 Å². The number of hydrogen-bond acceptors (Lipinski definition) is 5. The van der Waals surface area contributed by atoms with Gasteiger partial charge in [-0.05, 0) is 42.8 Å². The number of aromatic nitrogens is 4. The summed E-state index contributed by atoms with van der Waals surface area (Å²) in [4.78, 5) is 13.1. The zero-order valence-corrected chi connectivity index (χ0v) is 19.3. The first-order valence-corrected chi connectivity index (χ1v) is 11.6. The summed E-state index contributed by atoms with van der Waals surface area (Å²) < 4.78 is 9.31. The van der Waals surface area contributed by atoms with Gasteiger partial charge in [-0.15, -0.1) is 10.2 Å². The van der Waals surface area contributed by atoms with Gasteiger partial charge in [0.25, 0.3) is 0 Å². The van der Waals surface area contributed by atoms with E-state index in [0.717, 1.165) is 28.3 Å². The molecule has 5 rings (SSSR count). The molecule has 0 fully saturated rings. The Morgan fingerprint density at radius 3 is 2.58 bits per heavy atom. The Kier molecular flexibility index (Phi) is 5.90. The van der Waals surface area contributed by atoms with Crippen molar-refractivity contribution in [1.29, 1.82) is 0 Å². The lowest BCUT2D eigenvalue weighted by atomic mass is 10.2. The van der Waals surface area contributed by atoms with Gasteiger partial charge in [0.2, 0.25) is 5.65 Å². The molecule has 5 aromatic rings. The van der Waals surface area contributed by atoms with Crippen molar-refractivity contribution in [2.75, 3.05) is 0 Å². The molecule has 0 atom stereocenters. The Morgan fingerprint density at radius 2 is 1.73 bits per heavy atom. The highest BCUT2D eigenvalue weighted by molar-refractivity contribution is 7.98. The average molecular weight is 475 g/mol. The first-order chi connectivity index (χ1) is 16.1. The molecule has 0 radical (unpaired) electrons. The predicted molar refractivity (Wildman–Crippen MR) is 131 cm³/mol. The molecular formula is C25H19ClN4O2S. The van der Waals surface area contributed by atoms with E-state index in [1.807, 2.05) is 73.7 Å². The van der Waals surface area contributed by atoms with Crippen LogP contribution in [0.4, 0.5) is 0 Å². The standard InChI is InChI=1S/C25H19ClN4O2S/c1-17-20(26)11-7-12-21(17)29-14-15-30-23(24(29)31)27-28-25(30)33-16-18-8-5-6-13-22(18)32-19-9-3-2-4-10-19/h2-15H,16H2,1H3. The van der Waals surface area contributed by atoms with Crippen LogP contribution in [0.25, 0.3) is 11.3 Å². The van der Waals surface area contributed by atoms with Crippen molar-refractivity contribution in [3.63, 3.8) is 0 Å². The van der Waals surface area contributed by atoms with Crippen LogP contribution in [0.1, 0.15) is 11.1 Å². The van der Waals surface area contributed by atoms with Crippen molar-refractivity contribution in [2.45, 2.75) is 17.8 Å². The molecule has 0 amide bonds. The zero-order chi connectivity index (χ0) is 22.8. The third-order valence-electron chi connectivity index (χ3n) is 5.24. The minimum atomic E-state index is -0.255. The first kappa shape index (κ1) is 21.3. The summed E-state index contributed by atoms with van der Waals surface area (Å²) in [5.74, 6) is 2.17. The van der Waals surface area contributed by atoms with E-state index in [9.17, 15) is 4.79 Å². The highest BCUT2D eigenvalue weighted by Crippen LogP contribution is 2.30. The summed E-state index contributed by atoms with van der Waals surface area (Å²) >= 11 is 7.73. The van der Waals surface area contributed by atoms with E-state index in [-0.39, 0.29) is 11.2 Å². The van der Waals surface area contributed by atoms with E-state index in [4.69, 9.17) is 16.3 Å². The maximum Gasteiger partial charge on any atom is 0.300 e. The van der Waals surface area contributed by atoms with Gasteiger partial charge < -0.3 is 4.74 Å². The summed E-state index contributed by atoms with van der Waals surface area (Å²) in [6, 6.07) is 23.0. The molecule has 0 aliphatic rings. The van der Waals surface area contributed by atoms with E-state index in [1.54, 1.807) is 27.4 Å². The van der Waals surface area contributed by atoms with Crippen LogP contribution in [0.5, 0.6) is 11.5 Å². The minimum absolute atomic E-state index is 0.255. The van der Waals surface area contributed by atoms with Crippen molar-refractivity contribution < 1.29 is 4.74 Å². The zero-order valence-electron chi connectivity index (χ0n) is 17.7. The lowest BCUT2D eigenvalue weighted by molar-refractivity contribution is 0.478. The second kappa shape index (κ2) is 9.13. The molecule has 164 valence electrons. The fourth-order valence-corrected chi connectivity index (χ4v) is 4.57. The number of para-hydroxylation sites is 2. The van der Waals surface area contributed by atoms with Gasteiger partial charge in [-0.25, -0.2) is 0 Å². The SMILES string of the molecule is Cc1c(Cl)cccc1-n1ccn2c(SCc3ccccc3Oc3ccccc3)nnc2c1=O. The molecule has 0 spiro atoms. The summed E-state index contributed by atoms with van der Waals surface area (Å²) in [6.45, 7) is 1.88. The van der Waals surface area contributed by atoms with Crippen LogP contribution in [-0.2, 0) is 5.75 Å². The normalized spacial score (nSPS) is 11.1. The fourth-order valence-electron chi connectivity index (χ4n) is 3.49. The lowest BCUT2D eigenvalue weighted by Crippen LogP contribution is -2.21. The van der Waals surface area contributed by atoms with E-state index >= 15 is 0 Å². The monoisotopic (exact) mass is 474 g/mol. The molecule has 8 heteroatoms. The highest BCUT2D eigenvalue weighted by Gasteiger charge is 2.15. The average Bonchev–Trinajstić information content (AvgIpc) is 3.25. The van der Waals surface area contributed by atoms with Gasteiger partial charge in [0.05, 0.1) is 5.69 Å². The van der Waals surface area contributed by atoms with Crippen LogP contribution >= 0.6 is 23.4 Å². The molecule has 3 aromatic carbocycles. The quantitative estimate of drug-likeness (QED) is 0.285. The molecular weight excluding hydrogens is 456 g/mol. The van der Waals surface area contributed by atoms with Crippen molar-refractivity contribution in [2.24, 2.45) is 0 Å². The summed E-state index contributed by atoms with van der Waals surface area (Å²) in [5.41, 5.74) is 2.57. The number of halogens is 1. The van der Waals surface area contributed by atoms with Crippen molar-refractivity contribution in [3.05, 3.63) is 112 Å². The topological polar surface area (TPSA) is 61.4 Å². The lowest BCUT2D eigenvalue weighted by Gasteiger charge is -2.11. The number of fused-ring (bicyclic) bond motifs is 1. The van der Waals surface area contributed by atoms with Crippen molar-refractivity contribution in [3.8, 4) is 17.2 Å². The molecule has 0 saturated carbocycles. The number of thioether (sulfide) groups is 1. The van der Waals surface area contributed by atoms with Crippen LogP contribution in [-0.4, -0.2) is 19.2 Å².